The molecule has 27 heavy (non-hydrogen) atoms. The minimum atomic E-state index is -0.659. The second-order valence-electron chi connectivity index (χ2n) is 5.94. The minimum absolute atomic E-state index is 0.160. The molecule has 0 aliphatic heterocycles. The summed E-state index contributed by atoms with van der Waals surface area (Å²) in [6.45, 7) is 0.444. The van der Waals surface area contributed by atoms with Crippen LogP contribution in [0.4, 0.5) is 5.82 Å². The number of primary amides is 1. The van der Waals surface area contributed by atoms with Gasteiger partial charge >= 0.3 is 0 Å². The molecule has 0 fully saturated rings. The van der Waals surface area contributed by atoms with Crippen molar-refractivity contribution in [2.75, 3.05) is 5.32 Å². The van der Waals surface area contributed by atoms with Crippen LogP contribution in [0.2, 0.25) is 0 Å². The summed E-state index contributed by atoms with van der Waals surface area (Å²) in [6.07, 6.45) is 3.01. The zero-order valence-corrected chi connectivity index (χ0v) is 15.6. The molecule has 3 heterocycles. The molecule has 0 atom stereocenters. The first-order chi connectivity index (χ1) is 13.0. The summed E-state index contributed by atoms with van der Waals surface area (Å²) in [4.78, 5) is 35.7. The van der Waals surface area contributed by atoms with Crippen LogP contribution >= 0.6 is 15.9 Å². The van der Waals surface area contributed by atoms with Gasteiger partial charge in [-0.15, -0.1) is 0 Å². The molecular weight excluding hydrogens is 410 g/mol. The number of aromatic amines is 1. The molecular formula is C19H14BrN5O2. The fourth-order valence-electron chi connectivity index (χ4n) is 2.99. The van der Waals surface area contributed by atoms with Gasteiger partial charge in [0.05, 0.1) is 28.7 Å². The van der Waals surface area contributed by atoms with Gasteiger partial charge in [-0.25, -0.2) is 4.98 Å². The van der Waals surface area contributed by atoms with E-state index in [4.69, 9.17) is 5.73 Å². The van der Waals surface area contributed by atoms with Gasteiger partial charge in [0.2, 0.25) is 0 Å². The first-order valence-corrected chi connectivity index (χ1v) is 8.92. The molecule has 0 saturated heterocycles. The maximum absolute atomic E-state index is 12.5. The van der Waals surface area contributed by atoms with Crippen molar-refractivity contribution in [3.05, 3.63) is 74.9 Å². The van der Waals surface area contributed by atoms with E-state index >= 15 is 0 Å². The fourth-order valence-corrected chi connectivity index (χ4v) is 3.35. The summed E-state index contributed by atoms with van der Waals surface area (Å²) >= 11 is 3.44. The number of carbonyl (C=O) groups is 1. The number of pyridine rings is 3. The molecule has 4 rings (SSSR count). The van der Waals surface area contributed by atoms with Crippen molar-refractivity contribution in [1.82, 2.24) is 15.0 Å². The fraction of sp³-hybridized carbons (Fsp3) is 0.0526. The summed E-state index contributed by atoms with van der Waals surface area (Å²) in [5.41, 5.74) is 6.41. The number of hydrogen-bond acceptors (Lipinski definition) is 5. The molecule has 3 aromatic heterocycles. The van der Waals surface area contributed by atoms with Crippen LogP contribution in [0, 0.1) is 0 Å². The van der Waals surface area contributed by atoms with E-state index < -0.39 is 5.91 Å². The van der Waals surface area contributed by atoms with Gasteiger partial charge in [0.15, 0.2) is 0 Å². The maximum Gasteiger partial charge on any atom is 0.258 e. The second kappa shape index (κ2) is 6.81. The number of H-pyrrole nitrogens is 1. The van der Waals surface area contributed by atoms with Crippen molar-refractivity contribution in [3.8, 4) is 0 Å². The maximum atomic E-state index is 12.5. The summed E-state index contributed by atoms with van der Waals surface area (Å²) < 4.78 is 0.807. The number of fused-ring (bicyclic) bond motifs is 3. The van der Waals surface area contributed by atoms with Crippen molar-refractivity contribution in [2.24, 2.45) is 5.73 Å². The van der Waals surface area contributed by atoms with E-state index in [0.29, 0.717) is 23.1 Å². The lowest BCUT2D eigenvalue weighted by molar-refractivity contribution is 0.100. The Morgan fingerprint density at radius 1 is 1.22 bits per heavy atom. The molecule has 1 amide bonds. The van der Waals surface area contributed by atoms with Crippen LogP contribution in [-0.4, -0.2) is 20.9 Å². The van der Waals surface area contributed by atoms with E-state index in [2.05, 4.69) is 36.2 Å². The number of anilines is 1. The van der Waals surface area contributed by atoms with Crippen LogP contribution < -0.4 is 16.6 Å². The third-order valence-corrected chi connectivity index (χ3v) is 4.72. The smallest absolute Gasteiger partial charge is 0.258 e. The van der Waals surface area contributed by atoms with Gasteiger partial charge in [-0.3, -0.25) is 14.6 Å². The number of halogens is 1. The minimum Gasteiger partial charge on any atom is -0.365 e. The average Bonchev–Trinajstić information content (AvgIpc) is 2.66. The van der Waals surface area contributed by atoms with E-state index in [1.54, 1.807) is 6.20 Å². The summed E-state index contributed by atoms with van der Waals surface area (Å²) in [6, 6.07) is 11.2. The van der Waals surface area contributed by atoms with Crippen molar-refractivity contribution in [2.45, 2.75) is 6.54 Å². The van der Waals surface area contributed by atoms with Crippen LogP contribution in [0.1, 0.15) is 16.1 Å². The molecule has 0 radical (unpaired) electrons. The lowest BCUT2D eigenvalue weighted by Gasteiger charge is -2.13. The Kier molecular flexibility index (Phi) is 4.33. The molecule has 0 bridgehead atoms. The van der Waals surface area contributed by atoms with E-state index in [9.17, 15) is 9.59 Å². The van der Waals surface area contributed by atoms with Crippen molar-refractivity contribution < 1.29 is 4.79 Å². The first-order valence-electron chi connectivity index (χ1n) is 8.13. The third kappa shape index (κ3) is 3.15. The number of aromatic nitrogens is 3. The predicted octanol–water partition coefficient (Wildman–Crippen LogP) is 2.94. The van der Waals surface area contributed by atoms with Crippen LogP contribution in [0.3, 0.4) is 0 Å². The van der Waals surface area contributed by atoms with E-state index in [1.807, 2.05) is 36.4 Å². The Bertz CT molecular complexity index is 1240. The SMILES string of the molecule is NC(=O)c1c[nH]c(=O)c2c1nc(NCc1ccccn1)c1ccc(Br)cc12. The third-order valence-electron chi connectivity index (χ3n) is 4.22. The van der Waals surface area contributed by atoms with Gasteiger partial charge in [-0.05, 0) is 30.3 Å². The van der Waals surface area contributed by atoms with Crippen LogP contribution in [0.25, 0.3) is 21.7 Å². The average molecular weight is 424 g/mol. The lowest BCUT2D eigenvalue weighted by Crippen LogP contribution is -2.17. The summed E-state index contributed by atoms with van der Waals surface area (Å²) in [7, 11) is 0. The molecule has 0 spiro atoms. The molecule has 134 valence electrons. The van der Waals surface area contributed by atoms with Crippen LogP contribution in [0.15, 0.2) is 58.1 Å². The predicted molar refractivity (Wildman–Crippen MR) is 108 cm³/mol. The van der Waals surface area contributed by atoms with Gasteiger partial charge in [-0.2, -0.15) is 0 Å². The van der Waals surface area contributed by atoms with Crippen LogP contribution in [-0.2, 0) is 6.54 Å². The highest BCUT2D eigenvalue weighted by Gasteiger charge is 2.17. The summed E-state index contributed by atoms with van der Waals surface area (Å²) in [5.74, 6) is -0.113. The van der Waals surface area contributed by atoms with Crippen molar-refractivity contribution >= 4 is 49.3 Å². The standard InChI is InChI=1S/C19H14BrN5O2/c20-10-4-5-12-13(7-10)15-16(14(17(21)26)9-24-19(15)27)25-18(12)23-8-11-3-1-2-6-22-11/h1-7,9H,8H2,(H2,21,26)(H,23,25)(H,24,27). The van der Waals surface area contributed by atoms with Crippen molar-refractivity contribution in [3.63, 3.8) is 0 Å². The Morgan fingerprint density at radius 3 is 2.81 bits per heavy atom. The highest BCUT2D eigenvalue weighted by atomic mass is 79.9. The number of amides is 1. The van der Waals surface area contributed by atoms with E-state index in [1.165, 1.54) is 6.20 Å². The van der Waals surface area contributed by atoms with Gasteiger partial charge in [0.25, 0.3) is 11.5 Å². The molecule has 7 nitrogen and oxygen atoms in total. The number of rotatable bonds is 4. The van der Waals surface area contributed by atoms with E-state index in [0.717, 1.165) is 15.6 Å². The number of carbonyl (C=O) groups excluding carboxylic acids is 1. The topological polar surface area (TPSA) is 114 Å². The van der Waals surface area contributed by atoms with Gasteiger partial charge in [-0.1, -0.05) is 22.0 Å². The molecule has 0 aliphatic carbocycles. The molecule has 0 aliphatic rings. The zero-order valence-electron chi connectivity index (χ0n) is 14.0. The highest BCUT2D eigenvalue weighted by molar-refractivity contribution is 9.10. The van der Waals surface area contributed by atoms with Crippen LogP contribution in [0.5, 0.6) is 0 Å². The Labute approximate surface area is 161 Å². The zero-order chi connectivity index (χ0) is 19.0. The highest BCUT2D eigenvalue weighted by Crippen LogP contribution is 2.31. The Balaban J connectivity index is 1.98. The largest absolute Gasteiger partial charge is 0.365 e. The normalized spacial score (nSPS) is 11.0. The Morgan fingerprint density at radius 2 is 2.07 bits per heavy atom. The Hall–Kier alpha value is -3.26. The van der Waals surface area contributed by atoms with Crippen molar-refractivity contribution in [1.29, 1.82) is 0 Å². The second-order valence-corrected chi connectivity index (χ2v) is 6.86. The number of hydrogen-bond donors (Lipinski definition) is 3. The molecule has 0 unspecified atom stereocenters. The molecule has 1 aromatic carbocycles. The van der Waals surface area contributed by atoms with Gasteiger partial charge in [0.1, 0.15) is 5.82 Å². The quantitative estimate of drug-likeness (QED) is 0.436. The first kappa shape index (κ1) is 17.2. The van der Waals surface area contributed by atoms with Gasteiger partial charge in [0, 0.05) is 27.6 Å². The molecule has 4 N–H and O–H groups in total. The molecule has 0 saturated carbocycles. The van der Waals surface area contributed by atoms with Gasteiger partial charge < -0.3 is 16.0 Å². The number of benzene rings is 1. The molecule has 8 heteroatoms. The number of nitrogens with one attached hydrogen (secondary N) is 2. The van der Waals surface area contributed by atoms with E-state index in [-0.39, 0.29) is 16.6 Å². The monoisotopic (exact) mass is 423 g/mol. The number of nitrogens with zero attached hydrogens (tertiary/aromatic N) is 2. The summed E-state index contributed by atoms with van der Waals surface area (Å²) in [5, 5.41) is 5.00. The molecule has 4 aromatic rings. The number of nitrogens with two attached hydrogens (primary N) is 1. The lowest BCUT2D eigenvalue weighted by atomic mass is 10.0.